The molecule has 16 bridgehead atoms. The largest absolute Gasteiger partial charge is 0.526 e. The van der Waals surface area contributed by atoms with E-state index in [0.29, 0.717) is 43.8 Å². The first kappa shape index (κ1) is 80.8. The summed E-state index contributed by atoms with van der Waals surface area (Å²) in [5, 5.41) is 79.8. The van der Waals surface area contributed by atoms with Gasteiger partial charge in [0.25, 0.3) is 11.8 Å². The third kappa shape index (κ3) is 17.7. The third-order valence-electron chi connectivity index (χ3n) is 27.5. The molecule has 16 saturated carbocycles. The predicted molar refractivity (Wildman–Crippen MR) is 454 cm³/mol. The highest BCUT2D eigenvalue weighted by Gasteiger charge is 2.55. The van der Waals surface area contributed by atoms with Gasteiger partial charge in [0, 0.05) is 70.5 Å². The van der Waals surface area contributed by atoms with Gasteiger partial charge >= 0.3 is 13.1 Å². The SMILES string of the molecule is C.C.NC12CC3CC(CC(C3)C1)C2.O=C(NC12CC3CC(CC(C3)C1)C2)c1ccc(-c2cc3ccccc3o2)cc1O.O=C(NC12CC3CC(CC(C3)C1)C2)c1ccc(Br)cc1O.O=C(O)c1ccc(Br)cc1O.OB(O)c1cc2ccccc2o1.Oc1cc(-c2cc3ccccc3o2)ccc1CNC12CC3CC(CC(C3)C1)C2. The topological polar surface area (TPSA) is 294 Å². The number of aromatic carboxylic acids is 1. The van der Waals surface area contributed by atoms with Crippen molar-refractivity contribution in [2.24, 2.45) is 76.7 Å². The Morgan fingerprint density at radius 2 is 0.719 bits per heavy atom. The Kier molecular flexibility index (Phi) is 23.4. The monoisotopic (exact) mass is 1670 g/mol. The van der Waals surface area contributed by atoms with E-state index in [9.17, 15) is 29.7 Å². The predicted octanol–water partition coefficient (Wildman–Crippen LogP) is 20.4. The summed E-state index contributed by atoms with van der Waals surface area (Å²) in [5.41, 5.74) is 12.7. The van der Waals surface area contributed by atoms with Gasteiger partial charge in [-0.05, 0) is 316 Å². The van der Waals surface area contributed by atoms with Crippen molar-refractivity contribution in [1.29, 1.82) is 0 Å². The van der Waals surface area contributed by atoms with Gasteiger partial charge in [-0.3, -0.25) is 9.59 Å². The molecule has 20 heteroatoms. The Morgan fingerprint density at radius 1 is 0.395 bits per heavy atom. The second-order valence-electron chi connectivity index (χ2n) is 36.2. The Hall–Kier alpha value is -8.37. The second-order valence-corrected chi connectivity index (χ2v) is 38.0. The van der Waals surface area contributed by atoms with Crippen LogP contribution in [0, 0.1) is 71.0 Å². The molecular formula is C94H109BBr2N4O13. The van der Waals surface area contributed by atoms with E-state index >= 15 is 0 Å². The number of aromatic hydroxyl groups is 4. The van der Waals surface area contributed by atoms with Crippen molar-refractivity contribution in [3.8, 4) is 45.6 Å². The number of carboxylic acids is 1. The molecule has 16 aliphatic carbocycles. The van der Waals surface area contributed by atoms with Crippen molar-refractivity contribution < 1.29 is 63.2 Å². The summed E-state index contributed by atoms with van der Waals surface area (Å²) < 4.78 is 18.4. The third-order valence-corrected chi connectivity index (χ3v) is 28.4. The average Bonchev–Trinajstić information content (AvgIpc) is 1.11. The van der Waals surface area contributed by atoms with Crippen LogP contribution in [-0.2, 0) is 6.54 Å². The van der Waals surface area contributed by atoms with Crippen molar-refractivity contribution >= 4 is 95.3 Å². The van der Waals surface area contributed by atoms with Crippen LogP contribution in [0.3, 0.4) is 0 Å². The number of hydrogen-bond donors (Lipinski definition) is 11. The van der Waals surface area contributed by atoms with E-state index in [1.54, 1.807) is 48.5 Å². The van der Waals surface area contributed by atoms with Gasteiger partial charge in [0.05, 0.1) is 11.1 Å². The fourth-order valence-electron chi connectivity index (χ4n) is 24.4. The molecule has 0 spiro atoms. The fraction of sp³-hybridized carbons (Fsp3) is 0.457. The van der Waals surface area contributed by atoms with Crippen LogP contribution >= 0.6 is 31.9 Å². The number of fused-ring (bicyclic) bond motifs is 3. The summed E-state index contributed by atoms with van der Waals surface area (Å²) in [7, 11) is -1.53. The van der Waals surface area contributed by atoms with Crippen LogP contribution in [0.25, 0.3) is 55.6 Å². The van der Waals surface area contributed by atoms with Gasteiger partial charge in [0.1, 0.15) is 62.5 Å². The molecule has 0 saturated heterocycles. The van der Waals surface area contributed by atoms with Gasteiger partial charge in [-0.15, -0.1) is 0 Å². The molecule has 600 valence electrons. The van der Waals surface area contributed by atoms with Crippen molar-refractivity contribution in [2.75, 3.05) is 0 Å². The van der Waals surface area contributed by atoms with Crippen molar-refractivity contribution in [2.45, 2.75) is 198 Å². The van der Waals surface area contributed by atoms with Crippen LogP contribution in [0.4, 0.5) is 0 Å². The lowest BCUT2D eigenvalue weighted by Crippen LogP contribution is -2.59. The van der Waals surface area contributed by atoms with E-state index in [-0.39, 0.29) is 66.2 Å². The van der Waals surface area contributed by atoms with E-state index in [0.717, 1.165) is 170 Å². The molecule has 114 heavy (non-hydrogen) atoms. The Balaban J connectivity index is 0.000000112. The number of benzene rings is 7. The highest BCUT2D eigenvalue weighted by Crippen LogP contribution is 2.59. The zero-order valence-corrected chi connectivity index (χ0v) is 66.4. The highest BCUT2D eigenvalue weighted by atomic mass is 79.9. The number of carboxylic acid groups (broad SMARTS) is 1. The molecular weight excluding hydrogens is 1560 g/mol. The molecule has 2 amide bonds. The first-order chi connectivity index (χ1) is 53.9. The molecule has 3 heterocycles. The maximum atomic E-state index is 13.0. The summed E-state index contributed by atoms with van der Waals surface area (Å²) >= 11 is 6.40. The number of amides is 2. The number of nitrogens with two attached hydrogens (primary N) is 1. The number of nitrogens with one attached hydrogen (secondary N) is 3. The Bertz CT molecular complexity index is 4920. The van der Waals surface area contributed by atoms with Gasteiger partial charge in [-0.25, -0.2) is 4.79 Å². The molecule has 0 radical (unpaired) electrons. The van der Waals surface area contributed by atoms with Crippen LogP contribution in [0.5, 0.6) is 23.0 Å². The molecule has 16 aliphatic rings. The molecule has 12 N–H and O–H groups in total. The fourth-order valence-corrected chi connectivity index (χ4v) is 25.1. The molecule has 0 aliphatic heterocycles. The number of halogens is 2. The number of furan rings is 3. The quantitative estimate of drug-likeness (QED) is 0.0537. The Morgan fingerprint density at radius 3 is 1.06 bits per heavy atom. The number of rotatable bonds is 11. The lowest BCUT2D eigenvalue weighted by molar-refractivity contribution is -0.0206. The minimum atomic E-state index is -1.53. The normalized spacial score (nSPS) is 29.8. The van der Waals surface area contributed by atoms with Crippen molar-refractivity contribution in [3.05, 3.63) is 195 Å². The maximum absolute atomic E-state index is 13.0. The van der Waals surface area contributed by atoms with Crippen LogP contribution in [-0.4, -0.2) is 82.6 Å². The second kappa shape index (κ2) is 33.0. The summed E-state index contributed by atoms with van der Waals surface area (Å²) in [4.78, 5) is 36.0. The van der Waals surface area contributed by atoms with Crippen molar-refractivity contribution in [3.63, 3.8) is 0 Å². The molecule has 17 nitrogen and oxygen atoms in total. The number of phenolic OH excluding ortho intramolecular Hbond substituents is 3. The first-order valence-corrected chi connectivity index (χ1v) is 42.3. The van der Waals surface area contributed by atoms with Gasteiger partial charge in [-0.1, -0.05) is 120 Å². The molecule has 3 aromatic heterocycles. The highest BCUT2D eigenvalue weighted by molar-refractivity contribution is 9.10. The lowest BCUT2D eigenvalue weighted by Gasteiger charge is -2.57. The number of carbonyl (C=O) groups excluding carboxylic acids is 2. The summed E-state index contributed by atoms with van der Waals surface area (Å²) in [5.74, 6) is 10.8. The number of para-hydroxylation sites is 3. The molecule has 7 aromatic carbocycles. The van der Waals surface area contributed by atoms with E-state index in [1.165, 1.54) is 128 Å². The van der Waals surface area contributed by atoms with Crippen molar-refractivity contribution in [1.82, 2.24) is 16.0 Å². The van der Waals surface area contributed by atoms with Crippen LogP contribution in [0.1, 0.15) is 206 Å². The number of phenols is 4. The lowest BCUT2D eigenvalue weighted by atomic mass is 9.53. The summed E-state index contributed by atoms with van der Waals surface area (Å²) in [6.07, 6.45) is 31.7. The Labute approximate surface area is 685 Å². The maximum Gasteiger partial charge on any atom is 0.526 e. The zero-order chi connectivity index (χ0) is 77.4. The first-order valence-electron chi connectivity index (χ1n) is 40.7. The van der Waals surface area contributed by atoms with E-state index in [1.807, 2.05) is 97.1 Å². The van der Waals surface area contributed by atoms with E-state index in [4.69, 9.17) is 39.2 Å². The van der Waals surface area contributed by atoms with E-state index in [2.05, 4.69) is 53.9 Å². The molecule has 26 rings (SSSR count). The van der Waals surface area contributed by atoms with Crippen LogP contribution in [0.2, 0.25) is 0 Å². The molecule has 0 unspecified atom stereocenters. The molecule has 0 atom stereocenters. The number of hydrogen-bond acceptors (Lipinski definition) is 14. The molecule has 10 aromatic rings. The minimum absolute atomic E-state index is 0. The van der Waals surface area contributed by atoms with Crippen LogP contribution < -0.4 is 27.3 Å². The zero-order valence-electron chi connectivity index (χ0n) is 63.2. The van der Waals surface area contributed by atoms with Gasteiger partial charge < -0.3 is 70.5 Å². The van der Waals surface area contributed by atoms with Gasteiger partial charge in [-0.2, -0.15) is 0 Å². The van der Waals surface area contributed by atoms with Crippen LogP contribution in [0.15, 0.2) is 186 Å². The molecule has 16 fully saturated rings. The standard InChI is InChI=1S/C25H25NO3.C25H27NO2.C17H20BrNO2.C10H17N.C8H7BO3.C7H5BrO3.2CH4/c27-21-10-19(23-11-18-3-1-2-4-22(18)29-23)5-6-20(21)24(28)26-25-12-15-7-16(13-25)9-17(8-15)14-25;27-22-10-20(24-11-19-3-1-2-4-23(19)28-24)5-6-21(22)15-26-25-12-16-7-17(13-25)9-18(8-16)14-25;18-13-1-2-14(15(20)6-13)16(21)19-17-7-10-3-11(8-17)5-12(4-10)9-17;11-10-4-7-1-8(5-10)3-9(2-7)6-10;10-9(11)8-5-6-3-1-2-4-7(6)12-8;8-4-1-2-5(7(10)11)6(9)3-4;;/h1-6,10-11,15-17,27H,7-9,12-14H2,(H,26,28);1-6,10-11,16-18,26-27H,7-9,12-15H2;1-2,6,10-12,20H,3-5,7-9H2,(H,19,21);7-9H,1-6,11H2;1-5,10-11H;1-3,9H,(H,10,11);2*1H4. The van der Waals surface area contributed by atoms with Gasteiger partial charge in [0.15, 0.2) is 0 Å². The number of carbonyl (C=O) groups is 3. The minimum Gasteiger partial charge on any atom is -0.508 e. The van der Waals surface area contributed by atoms with E-state index < -0.39 is 13.1 Å². The summed E-state index contributed by atoms with van der Waals surface area (Å²) in [6.45, 7) is 0.748. The van der Waals surface area contributed by atoms with Gasteiger partial charge in [0.2, 0.25) is 0 Å². The average molecular weight is 1670 g/mol. The summed E-state index contributed by atoms with van der Waals surface area (Å²) in [6, 6.07) is 49.2. The smallest absolute Gasteiger partial charge is 0.508 e.